The predicted octanol–water partition coefficient (Wildman–Crippen LogP) is 3.66. The molecule has 1 aromatic carbocycles. The fraction of sp³-hybridized carbons (Fsp3) is 0.143. The highest BCUT2D eigenvalue weighted by molar-refractivity contribution is 6.32. The molecule has 0 amide bonds. The molecule has 0 bridgehead atoms. The first-order valence-electron chi connectivity index (χ1n) is 5.60. The summed E-state index contributed by atoms with van der Waals surface area (Å²) in [5, 5.41) is 9.01. The number of carbonyl (C=O) groups is 1. The lowest BCUT2D eigenvalue weighted by Gasteiger charge is -2.05. The zero-order valence-corrected chi connectivity index (χ0v) is 10.6. The van der Waals surface area contributed by atoms with E-state index >= 15 is 0 Å². The molecule has 0 fully saturated rings. The van der Waals surface area contributed by atoms with Crippen molar-refractivity contribution in [1.29, 1.82) is 0 Å². The average Bonchev–Trinajstić information content (AvgIpc) is 2.39. The molecular weight excluding hydrogens is 250 g/mol. The SMILES string of the molecule is CCc1ccc(-c2cnc(Cl)c(C(=O)O)c2)cc1. The number of carboxylic acid groups (broad SMARTS) is 1. The van der Waals surface area contributed by atoms with Crippen molar-refractivity contribution < 1.29 is 9.90 Å². The Morgan fingerprint density at radius 3 is 2.50 bits per heavy atom. The van der Waals surface area contributed by atoms with Gasteiger partial charge in [0, 0.05) is 11.8 Å². The molecule has 0 saturated carbocycles. The Balaban J connectivity index is 2.44. The third-order valence-corrected chi connectivity index (χ3v) is 3.07. The van der Waals surface area contributed by atoms with Gasteiger partial charge < -0.3 is 5.11 Å². The molecule has 1 heterocycles. The van der Waals surface area contributed by atoms with Crippen LogP contribution in [0.1, 0.15) is 22.8 Å². The number of hydrogen-bond acceptors (Lipinski definition) is 2. The molecule has 92 valence electrons. The second-order valence-corrected chi connectivity index (χ2v) is 4.28. The quantitative estimate of drug-likeness (QED) is 0.858. The summed E-state index contributed by atoms with van der Waals surface area (Å²) in [5.74, 6) is -1.07. The summed E-state index contributed by atoms with van der Waals surface area (Å²) in [6.45, 7) is 2.08. The van der Waals surface area contributed by atoms with Gasteiger partial charge in [0.2, 0.25) is 0 Å². The first-order chi connectivity index (χ1) is 8.61. The Hall–Kier alpha value is -1.87. The minimum Gasteiger partial charge on any atom is -0.478 e. The molecule has 1 aromatic heterocycles. The van der Waals surface area contributed by atoms with Gasteiger partial charge in [0.25, 0.3) is 0 Å². The lowest BCUT2D eigenvalue weighted by Crippen LogP contribution is -1.99. The number of aromatic nitrogens is 1. The molecule has 0 atom stereocenters. The van der Waals surface area contributed by atoms with Gasteiger partial charge in [0.1, 0.15) is 5.15 Å². The van der Waals surface area contributed by atoms with Crippen LogP contribution in [0.3, 0.4) is 0 Å². The van der Waals surface area contributed by atoms with Crippen LogP contribution in [-0.4, -0.2) is 16.1 Å². The summed E-state index contributed by atoms with van der Waals surface area (Å²) in [6, 6.07) is 9.48. The van der Waals surface area contributed by atoms with Gasteiger partial charge in [-0.1, -0.05) is 42.8 Å². The third kappa shape index (κ3) is 2.51. The maximum Gasteiger partial charge on any atom is 0.338 e. The van der Waals surface area contributed by atoms with E-state index in [0.29, 0.717) is 0 Å². The Bertz CT molecular complexity index is 579. The molecule has 0 aliphatic rings. The molecule has 4 heteroatoms. The molecule has 1 N–H and O–H groups in total. The van der Waals surface area contributed by atoms with Crippen molar-refractivity contribution in [1.82, 2.24) is 4.98 Å². The van der Waals surface area contributed by atoms with Gasteiger partial charge in [0.05, 0.1) is 5.56 Å². The van der Waals surface area contributed by atoms with E-state index in [1.54, 1.807) is 12.3 Å². The van der Waals surface area contributed by atoms with Gasteiger partial charge in [-0.2, -0.15) is 0 Å². The standard InChI is InChI=1S/C14H12ClNO2/c1-2-9-3-5-10(6-4-9)11-7-12(14(17)18)13(15)16-8-11/h3-8H,2H2,1H3,(H,17,18). The fourth-order valence-corrected chi connectivity index (χ4v) is 1.87. The second kappa shape index (κ2) is 5.19. The van der Waals surface area contributed by atoms with Crippen LogP contribution in [0, 0.1) is 0 Å². The number of aryl methyl sites for hydroxylation is 1. The molecular formula is C14H12ClNO2. The Morgan fingerprint density at radius 2 is 1.94 bits per heavy atom. The first-order valence-corrected chi connectivity index (χ1v) is 5.97. The van der Waals surface area contributed by atoms with Gasteiger partial charge in [-0.3, -0.25) is 0 Å². The largest absolute Gasteiger partial charge is 0.478 e. The van der Waals surface area contributed by atoms with Crippen molar-refractivity contribution >= 4 is 17.6 Å². The summed E-state index contributed by atoms with van der Waals surface area (Å²) < 4.78 is 0. The van der Waals surface area contributed by atoms with Crippen molar-refractivity contribution in [3.8, 4) is 11.1 Å². The zero-order chi connectivity index (χ0) is 13.1. The van der Waals surface area contributed by atoms with Crippen LogP contribution >= 0.6 is 11.6 Å². The van der Waals surface area contributed by atoms with E-state index < -0.39 is 5.97 Å². The number of benzene rings is 1. The molecule has 18 heavy (non-hydrogen) atoms. The number of halogens is 1. The molecule has 0 radical (unpaired) electrons. The van der Waals surface area contributed by atoms with Crippen molar-refractivity contribution in [3.63, 3.8) is 0 Å². The lowest BCUT2D eigenvalue weighted by molar-refractivity contribution is 0.0696. The molecule has 0 aliphatic heterocycles. The van der Waals surface area contributed by atoms with Gasteiger partial charge in [-0.15, -0.1) is 0 Å². The Kier molecular flexibility index (Phi) is 3.63. The summed E-state index contributed by atoms with van der Waals surface area (Å²) in [7, 11) is 0. The van der Waals surface area contributed by atoms with E-state index in [2.05, 4.69) is 11.9 Å². The van der Waals surface area contributed by atoms with E-state index in [4.69, 9.17) is 16.7 Å². The molecule has 2 rings (SSSR count). The van der Waals surface area contributed by atoms with Crippen LogP contribution in [0.15, 0.2) is 36.5 Å². The van der Waals surface area contributed by atoms with Crippen molar-refractivity contribution in [3.05, 3.63) is 52.8 Å². The zero-order valence-electron chi connectivity index (χ0n) is 9.85. The smallest absolute Gasteiger partial charge is 0.338 e. The van der Waals surface area contributed by atoms with Crippen molar-refractivity contribution in [2.75, 3.05) is 0 Å². The van der Waals surface area contributed by atoms with Crippen LogP contribution in [0.25, 0.3) is 11.1 Å². The van der Waals surface area contributed by atoms with Gasteiger partial charge in [-0.25, -0.2) is 9.78 Å². The van der Waals surface area contributed by atoms with E-state index in [0.717, 1.165) is 17.5 Å². The molecule has 3 nitrogen and oxygen atoms in total. The van der Waals surface area contributed by atoms with Crippen LogP contribution in [0.2, 0.25) is 5.15 Å². The van der Waals surface area contributed by atoms with Gasteiger partial charge in [-0.05, 0) is 23.6 Å². The highest BCUT2D eigenvalue weighted by Crippen LogP contribution is 2.23. The maximum atomic E-state index is 11.0. The van der Waals surface area contributed by atoms with Crippen molar-refractivity contribution in [2.24, 2.45) is 0 Å². The fourth-order valence-electron chi connectivity index (χ4n) is 1.69. The first kappa shape index (κ1) is 12.6. The normalized spacial score (nSPS) is 10.3. The van der Waals surface area contributed by atoms with E-state index in [-0.39, 0.29) is 10.7 Å². The lowest BCUT2D eigenvalue weighted by atomic mass is 10.0. The minimum absolute atomic E-state index is 0.0106. The number of pyridine rings is 1. The van der Waals surface area contributed by atoms with Crippen molar-refractivity contribution in [2.45, 2.75) is 13.3 Å². The Labute approximate surface area is 110 Å². The highest BCUT2D eigenvalue weighted by Gasteiger charge is 2.11. The molecule has 2 aromatic rings. The van der Waals surface area contributed by atoms with E-state index in [9.17, 15) is 4.79 Å². The highest BCUT2D eigenvalue weighted by atomic mass is 35.5. The maximum absolute atomic E-state index is 11.0. The molecule has 0 saturated heterocycles. The molecule has 0 spiro atoms. The third-order valence-electron chi connectivity index (χ3n) is 2.76. The summed E-state index contributed by atoms with van der Waals surface area (Å²) in [5.41, 5.74) is 2.94. The summed E-state index contributed by atoms with van der Waals surface area (Å²) in [6.07, 6.45) is 2.55. The topological polar surface area (TPSA) is 50.2 Å². The van der Waals surface area contributed by atoms with Crippen LogP contribution in [0.5, 0.6) is 0 Å². The van der Waals surface area contributed by atoms with Gasteiger partial charge >= 0.3 is 5.97 Å². The second-order valence-electron chi connectivity index (χ2n) is 3.92. The van der Waals surface area contributed by atoms with Crippen LogP contribution in [0.4, 0.5) is 0 Å². The summed E-state index contributed by atoms with van der Waals surface area (Å²) >= 11 is 5.73. The number of hydrogen-bond donors (Lipinski definition) is 1. The number of aromatic carboxylic acids is 1. The van der Waals surface area contributed by atoms with Crippen LogP contribution < -0.4 is 0 Å². The van der Waals surface area contributed by atoms with E-state index in [1.165, 1.54) is 5.56 Å². The molecule has 0 unspecified atom stereocenters. The molecule has 0 aliphatic carbocycles. The van der Waals surface area contributed by atoms with Crippen LogP contribution in [-0.2, 0) is 6.42 Å². The Morgan fingerprint density at radius 1 is 1.28 bits per heavy atom. The number of carboxylic acids is 1. The van der Waals surface area contributed by atoms with E-state index in [1.807, 2.05) is 24.3 Å². The number of rotatable bonds is 3. The summed E-state index contributed by atoms with van der Waals surface area (Å²) in [4.78, 5) is 14.9. The monoisotopic (exact) mass is 261 g/mol. The minimum atomic E-state index is -1.07. The average molecular weight is 262 g/mol. The van der Waals surface area contributed by atoms with Gasteiger partial charge in [0.15, 0.2) is 0 Å². The predicted molar refractivity (Wildman–Crippen MR) is 71.0 cm³/mol. The number of nitrogens with zero attached hydrogens (tertiary/aromatic N) is 1.